The zero-order valence-corrected chi connectivity index (χ0v) is 6.52. The van der Waals surface area contributed by atoms with Gasteiger partial charge in [0.2, 0.25) is 0 Å². The summed E-state index contributed by atoms with van der Waals surface area (Å²) < 4.78 is 0. The van der Waals surface area contributed by atoms with E-state index in [0.717, 1.165) is 12.1 Å². The standard InChI is InChI=1S/C8H15N/c1-8(2)6-5-7-9(3)4/h5-6H,1,7H2,2-4H3/b6-5+. The summed E-state index contributed by atoms with van der Waals surface area (Å²) in [6.07, 6.45) is 4.13. The largest absolute Gasteiger partial charge is 0.306 e. The molecule has 0 radical (unpaired) electrons. The molecule has 0 N–H and O–H groups in total. The van der Waals surface area contributed by atoms with Crippen LogP contribution in [-0.4, -0.2) is 25.5 Å². The predicted molar refractivity (Wildman–Crippen MR) is 42.5 cm³/mol. The van der Waals surface area contributed by atoms with E-state index in [1.54, 1.807) is 0 Å². The van der Waals surface area contributed by atoms with Gasteiger partial charge in [-0.15, -0.1) is 0 Å². The van der Waals surface area contributed by atoms with Crippen molar-refractivity contribution in [2.75, 3.05) is 20.6 Å². The van der Waals surface area contributed by atoms with Gasteiger partial charge >= 0.3 is 0 Å². The zero-order chi connectivity index (χ0) is 7.28. The van der Waals surface area contributed by atoms with Crippen molar-refractivity contribution in [3.8, 4) is 0 Å². The number of rotatable bonds is 3. The normalized spacial score (nSPS) is 11.1. The minimum atomic E-state index is 0.993. The first kappa shape index (κ1) is 8.44. The van der Waals surface area contributed by atoms with Crippen molar-refractivity contribution in [1.29, 1.82) is 0 Å². The highest BCUT2D eigenvalue weighted by atomic mass is 15.0. The molecule has 0 bridgehead atoms. The quantitative estimate of drug-likeness (QED) is 0.519. The summed E-state index contributed by atoms with van der Waals surface area (Å²) in [5.41, 5.74) is 1.11. The molecule has 0 aromatic rings. The van der Waals surface area contributed by atoms with E-state index in [0.29, 0.717) is 0 Å². The number of allylic oxidation sites excluding steroid dienone is 2. The molecule has 0 fully saturated rings. The summed E-state index contributed by atoms with van der Waals surface area (Å²) in [6.45, 7) is 6.73. The molecule has 0 aromatic carbocycles. The number of hydrogen-bond acceptors (Lipinski definition) is 1. The van der Waals surface area contributed by atoms with Crippen molar-refractivity contribution in [3.05, 3.63) is 24.3 Å². The van der Waals surface area contributed by atoms with Crippen molar-refractivity contribution in [1.82, 2.24) is 4.90 Å². The SMILES string of the molecule is C=C(C)/C=C/CN(C)C. The molecule has 52 valence electrons. The third kappa shape index (κ3) is 7.44. The van der Waals surface area contributed by atoms with Gasteiger partial charge in [0.25, 0.3) is 0 Å². The second-order valence-electron chi connectivity index (χ2n) is 2.51. The molecular formula is C8H15N. The Balaban J connectivity index is 3.36. The highest BCUT2D eigenvalue weighted by molar-refractivity contribution is 5.11. The summed E-state index contributed by atoms with van der Waals surface area (Å²) in [4.78, 5) is 2.11. The van der Waals surface area contributed by atoms with Crippen LogP contribution in [0.3, 0.4) is 0 Å². The Morgan fingerprint density at radius 2 is 2.11 bits per heavy atom. The molecule has 1 nitrogen and oxygen atoms in total. The highest BCUT2D eigenvalue weighted by Gasteiger charge is 1.80. The number of nitrogens with zero attached hydrogens (tertiary/aromatic N) is 1. The second-order valence-corrected chi connectivity index (χ2v) is 2.51. The molecule has 0 heterocycles. The first-order chi connectivity index (χ1) is 4.13. The van der Waals surface area contributed by atoms with Crippen molar-refractivity contribution in [2.45, 2.75) is 6.92 Å². The highest BCUT2D eigenvalue weighted by Crippen LogP contribution is 1.88. The monoisotopic (exact) mass is 125 g/mol. The van der Waals surface area contributed by atoms with Crippen molar-refractivity contribution in [3.63, 3.8) is 0 Å². The third-order valence-corrected chi connectivity index (χ3v) is 0.873. The van der Waals surface area contributed by atoms with E-state index >= 15 is 0 Å². The molecule has 9 heavy (non-hydrogen) atoms. The molecule has 0 aliphatic carbocycles. The fraction of sp³-hybridized carbons (Fsp3) is 0.500. The maximum absolute atomic E-state index is 3.75. The maximum atomic E-state index is 3.75. The van der Waals surface area contributed by atoms with Crippen LogP contribution in [0.4, 0.5) is 0 Å². The van der Waals surface area contributed by atoms with Gasteiger partial charge < -0.3 is 4.90 Å². The molecular weight excluding hydrogens is 110 g/mol. The summed E-state index contributed by atoms with van der Waals surface area (Å²) in [6, 6.07) is 0. The van der Waals surface area contributed by atoms with Gasteiger partial charge in [-0.05, 0) is 21.0 Å². The Morgan fingerprint density at radius 1 is 1.56 bits per heavy atom. The second kappa shape index (κ2) is 4.33. The van der Waals surface area contributed by atoms with Gasteiger partial charge in [0.15, 0.2) is 0 Å². The van der Waals surface area contributed by atoms with Crippen LogP contribution >= 0.6 is 0 Å². The molecule has 0 aliphatic rings. The van der Waals surface area contributed by atoms with E-state index in [2.05, 4.69) is 17.6 Å². The Morgan fingerprint density at radius 3 is 2.44 bits per heavy atom. The molecule has 0 aliphatic heterocycles. The van der Waals surface area contributed by atoms with Crippen LogP contribution in [0.25, 0.3) is 0 Å². The first-order valence-corrected chi connectivity index (χ1v) is 3.09. The Labute approximate surface area is 57.7 Å². The fourth-order valence-electron chi connectivity index (χ4n) is 0.465. The van der Waals surface area contributed by atoms with Gasteiger partial charge in [0.05, 0.1) is 0 Å². The molecule has 0 saturated heterocycles. The third-order valence-electron chi connectivity index (χ3n) is 0.873. The fourth-order valence-corrected chi connectivity index (χ4v) is 0.465. The molecule has 0 aromatic heterocycles. The molecule has 0 amide bonds. The van der Waals surface area contributed by atoms with Crippen LogP contribution in [-0.2, 0) is 0 Å². The summed E-state index contributed by atoms with van der Waals surface area (Å²) >= 11 is 0. The lowest BCUT2D eigenvalue weighted by Gasteiger charge is -2.02. The number of hydrogen-bond donors (Lipinski definition) is 0. The Kier molecular flexibility index (Phi) is 4.06. The van der Waals surface area contributed by atoms with Crippen molar-refractivity contribution < 1.29 is 0 Å². The van der Waals surface area contributed by atoms with Crippen LogP contribution in [0.1, 0.15) is 6.92 Å². The van der Waals surface area contributed by atoms with Crippen LogP contribution in [0, 0.1) is 0 Å². The minimum absolute atomic E-state index is 0.993. The van der Waals surface area contributed by atoms with Crippen LogP contribution in [0.5, 0.6) is 0 Å². The van der Waals surface area contributed by atoms with E-state index in [-0.39, 0.29) is 0 Å². The average molecular weight is 125 g/mol. The first-order valence-electron chi connectivity index (χ1n) is 3.09. The molecule has 0 spiro atoms. The van der Waals surface area contributed by atoms with Crippen molar-refractivity contribution in [2.24, 2.45) is 0 Å². The molecule has 1 heteroatoms. The minimum Gasteiger partial charge on any atom is -0.306 e. The molecule has 0 rings (SSSR count). The van der Waals surface area contributed by atoms with Gasteiger partial charge in [0, 0.05) is 6.54 Å². The molecule has 0 saturated carbocycles. The smallest absolute Gasteiger partial charge is 0.0160 e. The summed E-state index contributed by atoms with van der Waals surface area (Å²) in [5.74, 6) is 0. The maximum Gasteiger partial charge on any atom is 0.0160 e. The van der Waals surface area contributed by atoms with E-state index in [4.69, 9.17) is 0 Å². The van der Waals surface area contributed by atoms with Crippen molar-refractivity contribution >= 4 is 0 Å². The lowest BCUT2D eigenvalue weighted by atomic mass is 10.3. The van der Waals surface area contributed by atoms with Gasteiger partial charge in [-0.3, -0.25) is 0 Å². The molecule has 0 atom stereocenters. The summed E-state index contributed by atoms with van der Waals surface area (Å²) in [7, 11) is 4.09. The number of likely N-dealkylation sites (N-methyl/N-ethyl adjacent to an activating group) is 1. The van der Waals surface area contributed by atoms with Gasteiger partial charge in [0.1, 0.15) is 0 Å². The topological polar surface area (TPSA) is 3.24 Å². The summed E-state index contributed by atoms with van der Waals surface area (Å²) in [5, 5.41) is 0. The van der Waals surface area contributed by atoms with E-state index in [9.17, 15) is 0 Å². The van der Waals surface area contributed by atoms with Crippen LogP contribution < -0.4 is 0 Å². The van der Waals surface area contributed by atoms with Gasteiger partial charge in [-0.2, -0.15) is 0 Å². The average Bonchev–Trinajstić information content (AvgIpc) is 1.63. The zero-order valence-electron chi connectivity index (χ0n) is 6.52. The van der Waals surface area contributed by atoms with E-state index < -0.39 is 0 Å². The van der Waals surface area contributed by atoms with E-state index in [1.165, 1.54) is 0 Å². The Bertz CT molecular complexity index is 112. The predicted octanol–water partition coefficient (Wildman–Crippen LogP) is 1.68. The molecule has 0 unspecified atom stereocenters. The lowest BCUT2D eigenvalue weighted by Crippen LogP contribution is -2.10. The van der Waals surface area contributed by atoms with Crippen LogP contribution in [0.15, 0.2) is 24.3 Å². The van der Waals surface area contributed by atoms with Crippen LogP contribution in [0.2, 0.25) is 0 Å². The lowest BCUT2D eigenvalue weighted by molar-refractivity contribution is 0.456. The van der Waals surface area contributed by atoms with Gasteiger partial charge in [-0.25, -0.2) is 0 Å². The van der Waals surface area contributed by atoms with Gasteiger partial charge in [-0.1, -0.05) is 24.3 Å². The Hall–Kier alpha value is -0.560. The van der Waals surface area contributed by atoms with E-state index in [1.807, 2.05) is 27.1 Å².